The van der Waals surface area contributed by atoms with Gasteiger partial charge < -0.3 is 10.0 Å². The molecule has 1 N–H and O–H groups in total. The number of hydrogen-bond donors (Lipinski definition) is 1. The van der Waals surface area contributed by atoms with Gasteiger partial charge in [-0.15, -0.1) is 23.5 Å². The first-order valence-corrected chi connectivity index (χ1v) is 11.5. The molecule has 162 valence electrons. The van der Waals surface area contributed by atoms with E-state index in [-0.39, 0.29) is 53.9 Å². The van der Waals surface area contributed by atoms with E-state index in [1.807, 2.05) is 0 Å². The van der Waals surface area contributed by atoms with Gasteiger partial charge in [0.2, 0.25) is 17.7 Å². The predicted molar refractivity (Wildman–Crippen MR) is 116 cm³/mol. The van der Waals surface area contributed by atoms with Crippen molar-refractivity contribution >= 4 is 47.2 Å². The molecule has 0 radical (unpaired) electrons. The maximum atomic E-state index is 13.1. The number of likely N-dealkylation sites (tertiary alicyclic amines) is 2. The molecular formula is C21H26N2O5S2. The van der Waals surface area contributed by atoms with E-state index >= 15 is 0 Å². The first kappa shape index (κ1) is 16.7. The first-order valence-electron chi connectivity index (χ1n) is 12.1. The number of carboxylic acid groups (broad SMARTS) is 1. The van der Waals surface area contributed by atoms with Crippen LogP contribution in [0.25, 0.3) is 0 Å². The third-order valence-electron chi connectivity index (χ3n) is 5.08. The zero-order chi connectivity index (χ0) is 26.2. The molecule has 3 amide bonds. The van der Waals surface area contributed by atoms with Crippen LogP contribution in [0.1, 0.15) is 33.5 Å². The van der Waals surface area contributed by atoms with Gasteiger partial charge in [0.25, 0.3) is 0 Å². The van der Waals surface area contributed by atoms with Gasteiger partial charge in [0.1, 0.15) is 6.04 Å². The number of benzene rings is 1. The first-order chi connectivity index (χ1) is 16.4. The molecule has 7 nitrogen and oxygen atoms in total. The lowest BCUT2D eigenvalue weighted by molar-refractivity contribution is -0.149. The number of nitrogens with zero attached hydrogens (tertiary/aromatic N) is 2. The van der Waals surface area contributed by atoms with Gasteiger partial charge in [0.15, 0.2) is 0 Å². The Morgan fingerprint density at radius 2 is 2.00 bits per heavy atom. The fourth-order valence-electron chi connectivity index (χ4n) is 3.55. The zero-order valence-corrected chi connectivity index (χ0v) is 18.3. The van der Waals surface area contributed by atoms with Gasteiger partial charge in [-0.05, 0) is 25.4 Å². The summed E-state index contributed by atoms with van der Waals surface area (Å²) in [6.07, 6.45) is 0.144. The zero-order valence-electron chi connectivity index (χ0n) is 21.6. The largest absolute Gasteiger partial charge is 0.480 e. The average molecular weight is 456 g/mol. The summed E-state index contributed by atoms with van der Waals surface area (Å²) >= 11 is 2.19. The number of carbonyl (C=O) groups excluding carboxylic acids is 3. The lowest BCUT2D eigenvalue weighted by Gasteiger charge is -2.25. The van der Waals surface area contributed by atoms with Crippen LogP contribution in [0.2, 0.25) is 0 Å². The van der Waals surface area contributed by atoms with Crippen LogP contribution in [-0.2, 0) is 19.2 Å². The van der Waals surface area contributed by atoms with Crippen LogP contribution in [-0.4, -0.2) is 74.0 Å². The molecule has 30 heavy (non-hydrogen) atoms. The standard InChI is InChI=1S/C21H26N2O5S2/c1-3-22-18(24)10-17(20(22)26)29-12-13(2)19(25)23-11-15(9-16(23)21(27)28)30-14-7-5-4-6-8-14/h4-8,13,15-17H,3,9-12H2,1-2H3,(H,27,28)/t13-,15+,16+,17?/m1/s1/i4D,5D,6D,7D,8D. The minimum Gasteiger partial charge on any atom is -0.480 e. The van der Waals surface area contributed by atoms with Gasteiger partial charge in [-0.1, -0.05) is 25.1 Å². The Morgan fingerprint density at radius 3 is 2.60 bits per heavy atom. The van der Waals surface area contributed by atoms with Crippen LogP contribution in [0.15, 0.2) is 35.1 Å². The molecule has 1 aromatic rings. The summed E-state index contributed by atoms with van der Waals surface area (Å²) in [6, 6.07) is -3.28. The summed E-state index contributed by atoms with van der Waals surface area (Å²) in [5.41, 5.74) is 0. The van der Waals surface area contributed by atoms with E-state index in [1.165, 1.54) is 21.6 Å². The predicted octanol–water partition coefficient (Wildman–Crippen LogP) is 2.35. The topological polar surface area (TPSA) is 95.0 Å². The number of thioether (sulfide) groups is 2. The number of carbonyl (C=O) groups is 4. The van der Waals surface area contributed by atoms with Gasteiger partial charge in [0.05, 0.1) is 12.1 Å². The second-order valence-electron chi connectivity index (χ2n) is 7.18. The van der Waals surface area contributed by atoms with Crippen LogP contribution in [0.5, 0.6) is 0 Å². The molecule has 0 spiro atoms. The number of carboxylic acids is 1. The lowest BCUT2D eigenvalue weighted by Crippen LogP contribution is -2.43. The number of amides is 3. The Bertz CT molecular complexity index is 1050. The monoisotopic (exact) mass is 455 g/mol. The third-order valence-corrected chi connectivity index (χ3v) is 7.66. The maximum absolute atomic E-state index is 13.1. The molecule has 0 bridgehead atoms. The highest BCUT2D eigenvalue weighted by molar-refractivity contribution is 8.00. The molecule has 4 atom stereocenters. The van der Waals surface area contributed by atoms with Gasteiger partial charge in [-0.3, -0.25) is 19.3 Å². The number of imide groups is 1. The Kier molecular flexibility index (Phi) is 5.48. The molecule has 1 unspecified atom stereocenters. The summed E-state index contributed by atoms with van der Waals surface area (Å²) in [4.78, 5) is 51.7. The normalized spacial score (nSPS) is 27.4. The van der Waals surface area contributed by atoms with E-state index in [0.717, 1.165) is 11.8 Å². The fourth-order valence-corrected chi connectivity index (χ4v) is 5.82. The number of aliphatic carboxylic acids is 1. The van der Waals surface area contributed by atoms with Crippen molar-refractivity contribution in [1.29, 1.82) is 0 Å². The van der Waals surface area contributed by atoms with Crippen LogP contribution in [0.3, 0.4) is 0 Å². The molecule has 0 saturated carbocycles. The highest BCUT2D eigenvalue weighted by atomic mass is 32.2. The fraction of sp³-hybridized carbons (Fsp3) is 0.524. The molecule has 2 saturated heterocycles. The maximum Gasteiger partial charge on any atom is 0.326 e. The van der Waals surface area contributed by atoms with E-state index in [4.69, 9.17) is 6.85 Å². The smallest absolute Gasteiger partial charge is 0.326 e. The third kappa shape index (κ3) is 5.00. The highest BCUT2D eigenvalue weighted by Crippen LogP contribution is 2.34. The van der Waals surface area contributed by atoms with Crippen molar-refractivity contribution in [2.24, 2.45) is 5.92 Å². The second-order valence-corrected chi connectivity index (χ2v) is 9.72. The summed E-state index contributed by atoms with van der Waals surface area (Å²) < 4.78 is 39.5. The van der Waals surface area contributed by atoms with E-state index < -0.39 is 52.5 Å². The van der Waals surface area contributed by atoms with Gasteiger partial charge in [-0.25, -0.2) is 4.79 Å². The van der Waals surface area contributed by atoms with E-state index in [2.05, 4.69) is 0 Å². The van der Waals surface area contributed by atoms with E-state index in [9.17, 15) is 24.3 Å². The summed E-state index contributed by atoms with van der Waals surface area (Å²) in [5.74, 6) is -2.47. The summed E-state index contributed by atoms with van der Waals surface area (Å²) in [7, 11) is 0. The van der Waals surface area contributed by atoms with E-state index in [1.54, 1.807) is 13.8 Å². The number of hydrogen-bond acceptors (Lipinski definition) is 6. The lowest BCUT2D eigenvalue weighted by atomic mass is 10.1. The van der Waals surface area contributed by atoms with Crippen molar-refractivity contribution in [1.82, 2.24) is 9.80 Å². The molecule has 0 aromatic heterocycles. The highest BCUT2D eigenvalue weighted by Gasteiger charge is 2.42. The summed E-state index contributed by atoms with van der Waals surface area (Å²) in [6.45, 7) is 3.70. The number of rotatable bonds is 8. The summed E-state index contributed by atoms with van der Waals surface area (Å²) in [5, 5.41) is 8.67. The van der Waals surface area contributed by atoms with Crippen LogP contribution in [0.4, 0.5) is 0 Å². The van der Waals surface area contributed by atoms with E-state index in [0.29, 0.717) is 6.54 Å². The molecule has 1 aromatic carbocycles. The molecule has 2 fully saturated rings. The SMILES string of the molecule is [2H]c1c([2H])c([2H])c(S[C@H]2C[C@@H](C(=O)O)N(C(=O)[C@H](C)CSC3CC(=O)N(CC)C3=O)C2)c([2H])c1[2H]. The molecule has 2 aliphatic rings. The minimum atomic E-state index is -1.18. The van der Waals surface area contributed by atoms with Gasteiger partial charge in [0, 0.05) is 41.3 Å². The Balaban J connectivity index is 1.69. The molecule has 0 aliphatic carbocycles. The minimum absolute atomic E-state index is 0.0212. The molecule has 2 heterocycles. The van der Waals surface area contributed by atoms with Crippen molar-refractivity contribution in [2.45, 2.75) is 48.1 Å². The van der Waals surface area contributed by atoms with Crippen molar-refractivity contribution in [3.8, 4) is 0 Å². The second kappa shape index (κ2) is 9.87. The van der Waals surface area contributed by atoms with Crippen molar-refractivity contribution in [3.63, 3.8) is 0 Å². The molecular weight excluding hydrogens is 424 g/mol. The Labute approximate surface area is 191 Å². The molecule has 3 rings (SSSR count). The van der Waals surface area contributed by atoms with Crippen molar-refractivity contribution in [2.75, 3.05) is 18.8 Å². The Hall–Kier alpha value is -2.00. The van der Waals surface area contributed by atoms with Gasteiger partial charge >= 0.3 is 5.97 Å². The quantitative estimate of drug-likeness (QED) is 0.601. The van der Waals surface area contributed by atoms with Crippen molar-refractivity contribution < 1.29 is 31.1 Å². The average Bonchev–Trinajstić information content (AvgIpc) is 3.37. The molecule has 9 heteroatoms. The van der Waals surface area contributed by atoms with Crippen molar-refractivity contribution in [3.05, 3.63) is 30.2 Å². The Morgan fingerprint density at radius 1 is 1.30 bits per heavy atom. The van der Waals surface area contributed by atoms with Crippen LogP contribution in [0, 0.1) is 5.92 Å². The molecule has 2 aliphatic heterocycles. The van der Waals surface area contributed by atoms with Gasteiger partial charge in [-0.2, -0.15) is 0 Å². The van der Waals surface area contributed by atoms with Crippen LogP contribution >= 0.6 is 23.5 Å². The van der Waals surface area contributed by atoms with Crippen LogP contribution < -0.4 is 0 Å².